The van der Waals surface area contributed by atoms with Crippen LogP contribution >= 0.6 is 0 Å². The first kappa shape index (κ1) is 15.1. The average Bonchev–Trinajstić information content (AvgIpc) is 2.62. The van der Waals surface area contributed by atoms with Crippen molar-refractivity contribution in [2.45, 2.75) is 12.1 Å². The zero-order valence-electron chi connectivity index (χ0n) is 13.1. The van der Waals surface area contributed by atoms with Crippen LogP contribution in [0.4, 0.5) is 10.1 Å². The number of morpholine rings is 1. The Labute approximate surface area is 139 Å². The zero-order valence-corrected chi connectivity index (χ0v) is 13.1. The van der Waals surface area contributed by atoms with Gasteiger partial charge in [0.1, 0.15) is 5.82 Å². The van der Waals surface area contributed by atoms with Crippen LogP contribution in [0.5, 0.6) is 0 Å². The predicted octanol–water partition coefficient (Wildman–Crippen LogP) is 3.36. The molecular formula is C19H18FN3O. The van der Waals surface area contributed by atoms with E-state index in [-0.39, 0.29) is 17.9 Å². The van der Waals surface area contributed by atoms with Gasteiger partial charge in [-0.1, -0.05) is 18.2 Å². The van der Waals surface area contributed by atoms with Gasteiger partial charge in [0.2, 0.25) is 0 Å². The molecule has 122 valence electrons. The highest BCUT2D eigenvalue weighted by Gasteiger charge is 2.25. The predicted molar refractivity (Wildman–Crippen MR) is 92.0 cm³/mol. The molecule has 4 rings (SSSR count). The second kappa shape index (κ2) is 6.19. The molecule has 1 fully saturated rings. The number of halogens is 1. The minimum absolute atomic E-state index is 0.0437. The van der Waals surface area contributed by atoms with Crippen molar-refractivity contribution in [3.8, 4) is 0 Å². The molecule has 3 N–H and O–H groups in total. The van der Waals surface area contributed by atoms with Gasteiger partial charge in [-0.25, -0.2) is 4.39 Å². The molecular weight excluding hydrogens is 305 g/mol. The Balaban J connectivity index is 1.62. The van der Waals surface area contributed by atoms with E-state index in [9.17, 15) is 4.39 Å². The summed E-state index contributed by atoms with van der Waals surface area (Å²) in [5.41, 5.74) is 9.34. The van der Waals surface area contributed by atoms with Crippen LogP contribution in [0.25, 0.3) is 10.9 Å². The van der Waals surface area contributed by atoms with Crippen molar-refractivity contribution in [2.24, 2.45) is 0 Å². The molecule has 1 aliphatic rings. The maximum absolute atomic E-state index is 13.5. The molecule has 0 aliphatic carbocycles. The average molecular weight is 323 g/mol. The van der Waals surface area contributed by atoms with Crippen LogP contribution in [0.15, 0.2) is 54.6 Å². The van der Waals surface area contributed by atoms with Gasteiger partial charge in [-0.3, -0.25) is 10.3 Å². The van der Waals surface area contributed by atoms with Gasteiger partial charge in [0.15, 0.2) is 0 Å². The largest absolute Gasteiger partial charge is 0.398 e. The lowest BCUT2D eigenvalue weighted by Gasteiger charge is -2.31. The number of benzene rings is 2. The van der Waals surface area contributed by atoms with Crippen LogP contribution in [-0.4, -0.2) is 18.2 Å². The molecule has 4 nitrogen and oxygen atoms in total. The van der Waals surface area contributed by atoms with Crippen molar-refractivity contribution in [3.05, 3.63) is 71.7 Å². The molecule has 5 heteroatoms. The number of anilines is 1. The molecule has 0 spiro atoms. The van der Waals surface area contributed by atoms with E-state index in [2.05, 4.69) is 5.32 Å². The molecule has 1 saturated heterocycles. The van der Waals surface area contributed by atoms with Crippen molar-refractivity contribution >= 4 is 16.6 Å². The molecule has 3 aromatic rings. The lowest BCUT2D eigenvalue weighted by molar-refractivity contribution is 0.0436. The van der Waals surface area contributed by atoms with Crippen LogP contribution < -0.4 is 11.1 Å². The van der Waals surface area contributed by atoms with E-state index in [4.69, 9.17) is 15.5 Å². The number of nitrogens with zero attached hydrogens (tertiary/aromatic N) is 1. The molecule has 0 radical (unpaired) electrons. The van der Waals surface area contributed by atoms with E-state index in [0.29, 0.717) is 13.2 Å². The van der Waals surface area contributed by atoms with Crippen molar-refractivity contribution in [1.29, 1.82) is 0 Å². The van der Waals surface area contributed by atoms with Crippen LogP contribution in [0.1, 0.15) is 23.3 Å². The van der Waals surface area contributed by atoms with E-state index >= 15 is 0 Å². The lowest BCUT2D eigenvalue weighted by Crippen LogP contribution is -2.38. The Morgan fingerprint density at radius 1 is 1.04 bits per heavy atom. The Bertz CT molecular complexity index is 883. The van der Waals surface area contributed by atoms with Crippen molar-refractivity contribution in [2.75, 3.05) is 18.9 Å². The Kier molecular flexibility index (Phi) is 3.88. The summed E-state index contributed by atoms with van der Waals surface area (Å²) in [5.74, 6) is -0.240. The van der Waals surface area contributed by atoms with Gasteiger partial charge in [-0.15, -0.1) is 0 Å². The van der Waals surface area contributed by atoms with Gasteiger partial charge in [0.05, 0.1) is 36.5 Å². The fourth-order valence-corrected chi connectivity index (χ4v) is 3.12. The topological polar surface area (TPSA) is 60.2 Å². The number of hydrogen-bond donors (Lipinski definition) is 2. The molecule has 2 unspecified atom stereocenters. The third-order valence-corrected chi connectivity index (χ3v) is 4.37. The number of rotatable bonds is 2. The van der Waals surface area contributed by atoms with E-state index in [1.165, 1.54) is 12.1 Å². The monoisotopic (exact) mass is 323 g/mol. The molecule has 24 heavy (non-hydrogen) atoms. The quantitative estimate of drug-likeness (QED) is 0.710. The summed E-state index contributed by atoms with van der Waals surface area (Å²) in [6, 6.07) is 16.2. The highest BCUT2D eigenvalue weighted by atomic mass is 19.1. The van der Waals surface area contributed by atoms with Gasteiger partial charge in [-0.05, 0) is 42.0 Å². The molecule has 0 amide bonds. The number of nitrogens with one attached hydrogen (secondary N) is 1. The Morgan fingerprint density at radius 2 is 1.88 bits per heavy atom. The number of ether oxygens (including phenoxy) is 1. The van der Waals surface area contributed by atoms with Crippen LogP contribution in [0.3, 0.4) is 0 Å². The summed E-state index contributed by atoms with van der Waals surface area (Å²) in [4.78, 5) is 4.71. The molecule has 0 saturated carbocycles. The van der Waals surface area contributed by atoms with Crippen LogP contribution in [-0.2, 0) is 4.74 Å². The normalized spacial score (nSPS) is 21.0. The second-order valence-corrected chi connectivity index (χ2v) is 6.01. The number of nitrogen functional groups attached to an aromatic ring is 1. The maximum Gasteiger partial charge on any atom is 0.123 e. The standard InChI is InChI=1S/C19H18FN3O/c20-13-4-1-3-12(9-13)18-10-24-11-19(23-18)17-8-7-14-15(21)5-2-6-16(14)22-17/h1-9,18-19,23H,10-11,21H2. The third kappa shape index (κ3) is 2.84. The zero-order chi connectivity index (χ0) is 16.5. The lowest BCUT2D eigenvalue weighted by atomic mass is 10.0. The van der Waals surface area contributed by atoms with Crippen molar-refractivity contribution in [3.63, 3.8) is 0 Å². The maximum atomic E-state index is 13.5. The number of nitrogens with two attached hydrogens (primary N) is 1. The van der Waals surface area contributed by atoms with Gasteiger partial charge in [0, 0.05) is 11.1 Å². The Morgan fingerprint density at radius 3 is 2.75 bits per heavy atom. The number of pyridine rings is 1. The van der Waals surface area contributed by atoms with Gasteiger partial charge >= 0.3 is 0 Å². The summed E-state index contributed by atoms with van der Waals surface area (Å²) in [5, 5.41) is 4.45. The summed E-state index contributed by atoms with van der Waals surface area (Å²) in [7, 11) is 0. The third-order valence-electron chi connectivity index (χ3n) is 4.37. The van der Waals surface area contributed by atoms with Crippen LogP contribution in [0, 0.1) is 5.82 Å². The molecule has 2 atom stereocenters. The first-order valence-corrected chi connectivity index (χ1v) is 7.95. The number of aromatic nitrogens is 1. The highest BCUT2D eigenvalue weighted by Crippen LogP contribution is 2.27. The molecule has 1 aromatic heterocycles. The first-order valence-electron chi connectivity index (χ1n) is 7.95. The second-order valence-electron chi connectivity index (χ2n) is 6.01. The van der Waals surface area contributed by atoms with Crippen molar-refractivity contribution in [1.82, 2.24) is 10.3 Å². The van der Waals surface area contributed by atoms with E-state index in [0.717, 1.165) is 27.8 Å². The summed E-state index contributed by atoms with van der Waals surface area (Å²) in [6.07, 6.45) is 0. The smallest absolute Gasteiger partial charge is 0.123 e. The SMILES string of the molecule is Nc1cccc2nc(C3COCC(c4cccc(F)c4)N3)ccc12. The minimum atomic E-state index is -0.240. The number of fused-ring (bicyclic) bond motifs is 1. The van der Waals surface area contributed by atoms with Gasteiger partial charge < -0.3 is 10.5 Å². The molecule has 0 bridgehead atoms. The first-order chi connectivity index (χ1) is 11.7. The minimum Gasteiger partial charge on any atom is -0.398 e. The number of hydrogen-bond acceptors (Lipinski definition) is 4. The van der Waals surface area contributed by atoms with Gasteiger partial charge in [0.25, 0.3) is 0 Å². The summed E-state index contributed by atoms with van der Waals surface area (Å²) in [6.45, 7) is 1.05. The molecule has 2 aromatic carbocycles. The molecule has 1 aliphatic heterocycles. The fourth-order valence-electron chi connectivity index (χ4n) is 3.12. The fraction of sp³-hybridized carbons (Fsp3) is 0.211. The summed E-state index contributed by atoms with van der Waals surface area (Å²) < 4.78 is 19.2. The van der Waals surface area contributed by atoms with Gasteiger partial charge in [-0.2, -0.15) is 0 Å². The highest BCUT2D eigenvalue weighted by molar-refractivity contribution is 5.90. The summed E-state index contributed by atoms with van der Waals surface area (Å²) >= 11 is 0. The Hall–Kier alpha value is -2.50. The van der Waals surface area contributed by atoms with Crippen molar-refractivity contribution < 1.29 is 9.13 Å². The van der Waals surface area contributed by atoms with E-state index < -0.39 is 0 Å². The molecule has 2 heterocycles. The van der Waals surface area contributed by atoms with E-state index in [1.807, 2.05) is 36.4 Å². The van der Waals surface area contributed by atoms with E-state index in [1.54, 1.807) is 6.07 Å². The van der Waals surface area contributed by atoms with Crippen LogP contribution in [0.2, 0.25) is 0 Å².